The number of anilines is 1. The Hall–Kier alpha value is -1.14. The SMILES string of the molecule is COC(=O)Cc1csc(NN(C)C)n1. The number of methoxy groups -OCH3 is 1. The zero-order chi connectivity index (χ0) is 10.6. The number of carbonyl (C=O) groups is 1. The molecule has 0 saturated heterocycles. The lowest BCUT2D eigenvalue weighted by Crippen LogP contribution is -2.19. The molecule has 0 aliphatic carbocycles. The van der Waals surface area contributed by atoms with Gasteiger partial charge in [0.2, 0.25) is 0 Å². The molecule has 6 heteroatoms. The van der Waals surface area contributed by atoms with Gasteiger partial charge in [-0.25, -0.2) is 9.99 Å². The summed E-state index contributed by atoms with van der Waals surface area (Å²) in [6, 6.07) is 0. The largest absolute Gasteiger partial charge is 0.469 e. The van der Waals surface area contributed by atoms with E-state index in [2.05, 4.69) is 15.1 Å². The molecule has 0 aromatic carbocycles. The van der Waals surface area contributed by atoms with E-state index in [-0.39, 0.29) is 12.4 Å². The molecule has 78 valence electrons. The lowest BCUT2D eigenvalue weighted by atomic mass is 10.3. The highest BCUT2D eigenvalue weighted by Gasteiger charge is 2.07. The number of aromatic nitrogens is 1. The van der Waals surface area contributed by atoms with Crippen molar-refractivity contribution in [3.8, 4) is 0 Å². The summed E-state index contributed by atoms with van der Waals surface area (Å²) in [4.78, 5) is 15.1. The van der Waals surface area contributed by atoms with E-state index >= 15 is 0 Å². The Morgan fingerprint density at radius 3 is 3.00 bits per heavy atom. The Morgan fingerprint density at radius 1 is 1.71 bits per heavy atom. The van der Waals surface area contributed by atoms with Gasteiger partial charge in [-0.05, 0) is 0 Å². The Balaban J connectivity index is 2.55. The highest BCUT2D eigenvalue weighted by atomic mass is 32.1. The van der Waals surface area contributed by atoms with Gasteiger partial charge in [0.15, 0.2) is 5.13 Å². The predicted molar refractivity (Wildman–Crippen MR) is 55.1 cm³/mol. The number of hydrazine groups is 1. The summed E-state index contributed by atoms with van der Waals surface area (Å²) >= 11 is 1.46. The third-order valence-corrected chi connectivity index (χ3v) is 2.22. The molecule has 1 N–H and O–H groups in total. The van der Waals surface area contributed by atoms with Crippen molar-refractivity contribution in [2.75, 3.05) is 26.6 Å². The molecule has 0 atom stereocenters. The summed E-state index contributed by atoms with van der Waals surface area (Å²) in [6.45, 7) is 0. The van der Waals surface area contributed by atoms with Crippen LogP contribution in [0.15, 0.2) is 5.38 Å². The maximum atomic E-state index is 10.9. The number of esters is 1. The van der Waals surface area contributed by atoms with Gasteiger partial charge in [-0.3, -0.25) is 10.2 Å². The number of hydrogen-bond donors (Lipinski definition) is 1. The van der Waals surface area contributed by atoms with Crippen molar-refractivity contribution in [1.82, 2.24) is 9.99 Å². The van der Waals surface area contributed by atoms with Gasteiger partial charge in [0.1, 0.15) is 0 Å². The Morgan fingerprint density at radius 2 is 2.43 bits per heavy atom. The zero-order valence-corrected chi connectivity index (χ0v) is 9.22. The molecule has 0 amide bonds. The second kappa shape index (κ2) is 4.92. The minimum absolute atomic E-state index is 0.224. The van der Waals surface area contributed by atoms with Crippen molar-refractivity contribution in [3.05, 3.63) is 11.1 Å². The van der Waals surface area contributed by atoms with Crippen molar-refractivity contribution >= 4 is 22.4 Å². The van der Waals surface area contributed by atoms with E-state index in [0.29, 0.717) is 0 Å². The van der Waals surface area contributed by atoms with Gasteiger partial charge in [-0.2, -0.15) is 0 Å². The number of rotatable bonds is 4. The Bertz CT molecular complexity index is 311. The second-order valence-electron chi connectivity index (χ2n) is 2.90. The molecule has 14 heavy (non-hydrogen) atoms. The zero-order valence-electron chi connectivity index (χ0n) is 8.40. The number of hydrogen-bond acceptors (Lipinski definition) is 6. The highest BCUT2D eigenvalue weighted by Crippen LogP contribution is 2.15. The number of nitrogens with one attached hydrogen (secondary N) is 1. The fourth-order valence-corrected chi connectivity index (χ4v) is 1.64. The van der Waals surface area contributed by atoms with Gasteiger partial charge < -0.3 is 4.74 Å². The van der Waals surface area contributed by atoms with Crippen LogP contribution in [0, 0.1) is 0 Å². The summed E-state index contributed by atoms with van der Waals surface area (Å²) in [5.41, 5.74) is 3.73. The third-order valence-electron chi connectivity index (χ3n) is 1.42. The van der Waals surface area contributed by atoms with Gasteiger partial charge in [0.05, 0.1) is 19.2 Å². The smallest absolute Gasteiger partial charge is 0.311 e. The summed E-state index contributed by atoms with van der Waals surface area (Å²) in [7, 11) is 5.12. The van der Waals surface area contributed by atoms with Crippen molar-refractivity contribution < 1.29 is 9.53 Å². The molecule has 0 aliphatic rings. The van der Waals surface area contributed by atoms with Crippen LogP contribution in [0.2, 0.25) is 0 Å². The molecule has 0 bridgehead atoms. The maximum Gasteiger partial charge on any atom is 0.311 e. The number of carbonyl (C=O) groups excluding carboxylic acids is 1. The first kappa shape index (κ1) is 10.9. The normalized spacial score (nSPS) is 10.3. The lowest BCUT2D eigenvalue weighted by molar-refractivity contribution is -0.139. The molecule has 0 fully saturated rings. The minimum atomic E-state index is -0.272. The van der Waals surface area contributed by atoms with Crippen molar-refractivity contribution in [3.63, 3.8) is 0 Å². The molecule has 0 saturated carbocycles. The molecular formula is C8H13N3O2S. The van der Waals surface area contributed by atoms with Crippen LogP contribution in [-0.2, 0) is 16.0 Å². The minimum Gasteiger partial charge on any atom is -0.469 e. The molecule has 1 heterocycles. The van der Waals surface area contributed by atoms with E-state index in [0.717, 1.165) is 10.8 Å². The third kappa shape index (κ3) is 3.31. The topological polar surface area (TPSA) is 54.5 Å². The van der Waals surface area contributed by atoms with E-state index in [4.69, 9.17) is 0 Å². The first-order valence-corrected chi connectivity index (χ1v) is 4.95. The van der Waals surface area contributed by atoms with E-state index in [1.807, 2.05) is 19.5 Å². The van der Waals surface area contributed by atoms with Crippen LogP contribution in [0.5, 0.6) is 0 Å². The fourth-order valence-electron chi connectivity index (χ4n) is 0.851. The van der Waals surface area contributed by atoms with Gasteiger partial charge in [-0.15, -0.1) is 11.3 Å². The molecule has 0 radical (unpaired) electrons. The monoisotopic (exact) mass is 215 g/mol. The van der Waals surface area contributed by atoms with Crippen molar-refractivity contribution in [1.29, 1.82) is 0 Å². The van der Waals surface area contributed by atoms with Crippen LogP contribution in [0.25, 0.3) is 0 Å². The van der Waals surface area contributed by atoms with Gasteiger partial charge in [-0.1, -0.05) is 0 Å². The second-order valence-corrected chi connectivity index (χ2v) is 3.76. The molecule has 0 aliphatic heterocycles. The van der Waals surface area contributed by atoms with Gasteiger partial charge in [0.25, 0.3) is 0 Å². The summed E-state index contributed by atoms with van der Waals surface area (Å²) in [5.74, 6) is -0.272. The van der Waals surface area contributed by atoms with Crippen LogP contribution in [0.1, 0.15) is 5.69 Å². The fraction of sp³-hybridized carbons (Fsp3) is 0.500. The van der Waals surface area contributed by atoms with Crippen molar-refractivity contribution in [2.24, 2.45) is 0 Å². The average molecular weight is 215 g/mol. The number of nitrogens with zero attached hydrogens (tertiary/aromatic N) is 2. The molecular weight excluding hydrogens is 202 g/mol. The molecule has 1 aromatic heterocycles. The molecule has 1 rings (SSSR count). The molecule has 1 aromatic rings. The van der Waals surface area contributed by atoms with E-state index in [1.165, 1.54) is 18.4 Å². The standard InChI is InChI=1S/C8H13N3O2S/c1-11(2)10-8-9-6(5-14-8)4-7(12)13-3/h5H,4H2,1-3H3,(H,9,10). The van der Waals surface area contributed by atoms with Crippen LogP contribution in [-0.4, -0.2) is 37.2 Å². The van der Waals surface area contributed by atoms with Crippen LogP contribution < -0.4 is 5.43 Å². The molecule has 0 unspecified atom stereocenters. The Kier molecular flexibility index (Phi) is 3.84. The van der Waals surface area contributed by atoms with Crippen LogP contribution in [0.4, 0.5) is 5.13 Å². The first-order valence-electron chi connectivity index (χ1n) is 4.07. The summed E-state index contributed by atoms with van der Waals surface area (Å²) in [6.07, 6.45) is 0.224. The molecule has 5 nitrogen and oxygen atoms in total. The van der Waals surface area contributed by atoms with Crippen LogP contribution in [0.3, 0.4) is 0 Å². The van der Waals surface area contributed by atoms with E-state index < -0.39 is 0 Å². The van der Waals surface area contributed by atoms with E-state index in [1.54, 1.807) is 5.01 Å². The highest BCUT2D eigenvalue weighted by molar-refractivity contribution is 7.13. The van der Waals surface area contributed by atoms with Gasteiger partial charge >= 0.3 is 5.97 Å². The quantitative estimate of drug-likeness (QED) is 0.593. The summed E-state index contributed by atoms with van der Waals surface area (Å²) in [5, 5.41) is 4.40. The summed E-state index contributed by atoms with van der Waals surface area (Å²) < 4.78 is 4.54. The molecule has 0 spiro atoms. The lowest BCUT2D eigenvalue weighted by Gasteiger charge is -2.08. The predicted octanol–water partition coefficient (Wildman–Crippen LogP) is 0.747. The Labute approximate surface area is 86.7 Å². The maximum absolute atomic E-state index is 10.9. The number of thiazole rings is 1. The number of ether oxygens (including phenoxy) is 1. The average Bonchev–Trinajstić information content (AvgIpc) is 2.51. The van der Waals surface area contributed by atoms with Crippen molar-refractivity contribution in [2.45, 2.75) is 6.42 Å². The van der Waals surface area contributed by atoms with Crippen LogP contribution >= 0.6 is 11.3 Å². The van der Waals surface area contributed by atoms with E-state index in [9.17, 15) is 4.79 Å². The van der Waals surface area contributed by atoms with Gasteiger partial charge in [0, 0.05) is 19.5 Å². The first-order chi connectivity index (χ1) is 6.61.